The Bertz CT molecular complexity index is 703. The van der Waals surface area contributed by atoms with Crippen LogP contribution < -0.4 is 10.4 Å². The van der Waals surface area contributed by atoms with Crippen molar-refractivity contribution in [3.63, 3.8) is 0 Å². The molecule has 1 N–H and O–H groups in total. The minimum atomic E-state index is -0.257. The highest BCUT2D eigenvalue weighted by Crippen LogP contribution is 2.32. The summed E-state index contributed by atoms with van der Waals surface area (Å²) in [6.07, 6.45) is 2.04. The summed E-state index contributed by atoms with van der Waals surface area (Å²) in [6, 6.07) is 1.84. The predicted molar refractivity (Wildman–Crippen MR) is 104 cm³/mol. The van der Waals surface area contributed by atoms with Gasteiger partial charge in [-0.15, -0.1) is 0 Å². The normalized spacial score (nSPS) is 19.9. The molecule has 27 heavy (non-hydrogen) atoms. The molecule has 0 radical (unpaired) electrons. The van der Waals surface area contributed by atoms with Crippen molar-refractivity contribution in [1.82, 2.24) is 20.3 Å². The topological polar surface area (TPSA) is 87.7 Å². The molecule has 1 unspecified atom stereocenters. The van der Waals surface area contributed by atoms with Crippen LogP contribution >= 0.6 is 23.4 Å². The molecule has 1 aromatic rings. The van der Waals surface area contributed by atoms with Gasteiger partial charge in [-0.25, -0.2) is 15.4 Å². The second-order valence-corrected chi connectivity index (χ2v) is 8.01. The van der Waals surface area contributed by atoms with Crippen LogP contribution in [0.5, 0.6) is 0 Å². The first kappa shape index (κ1) is 20.2. The summed E-state index contributed by atoms with van der Waals surface area (Å²) in [5, 5.41) is 0.769. The lowest BCUT2D eigenvalue weighted by atomic mass is 10.1. The Labute approximate surface area is 167 Å². The van der Waals surface area contributed by atoms with E-state index in [1.807, 2.05) is 4.90 Å². The maximum atomic E-state index is 12.4. The van der Waals surface area contributed by atoms with Gasteiger partial charge in [0.15, 0.2) is 5.16 Å². The van der Waals surface area contributed by atoms with E-state index < -0.39 is 0 Å². The molecule has 10 heteroatoms. The van der Waals surface area contributed by atoms with E-state index in [0.29, 0.717) is 42.4 Å². The highest BCUT2D eigenvalue weighted by Gasteiger charge is 2.37. The monoisotopic (exact) mass is 413 g/mol. The smallest absolute Gasteiger partial charge is 0.254 e. The molecule has 1 aliphatic carbocycles. The quantitative estimate of drug-likeness (QED) is 0.315. The van der Waals surface area contributed by atoms with Gasteiger partial charge >= 0.3 is 0 Å². The predicted octanol–water partition coefficient (Wildman–Crippen LogP) is 1.74. The molecule has 2 fully saturated rings. The minimum absolute atomic E-state index is 0.119. The number of carbonyl (C=O) groups is 2. The fourth-order valence-electron chi connectivity index (χ4n) is 2.98. The first-order chi connectivity index (χ1) is 13.0. The summed E-state index contributed by atoms with van der Waals surface area (Å²) in [4.78, 5) is 41.7. The first-order valence-electron chi connectivity index (χ1n) is 9.11. The van der Waals surface area contributed by atoms with Gasteiger partial charge in [-0.3, -0.25) is 14.4 Å². The Morgan fingerprint density at radius 2 is 2.15 bits per heavy atom. The van der Waals surface area contributed by atoms with Crippen molar-refractivity contribution in [1.29, 1.82) is 0 Å². The highest BCUT2D eigenvalue weighted by atomic mass is 35.5. The number of hydroxylamine groups is 1. The highest BCUT2D eigenvalue weighted by molar-refractivity contribution is 7.99. The lowest BCUT2D eigenvalue weighted by Gasteiger charge is -2.40. The van der Waals surface area contributed by atoms with Gasteiger partial charge in [-0.05, 0) is 26.7 Å². The molecule has 1 atom stereocenters. The fraction of sp³-hybridized carbons (Fsp3) is 0.647. The average Bonchev–Trinajstić information content (AvgIpc) is 3.49. The SMILES string of the molecule is CCONC(=O)CSc1nc(Cl)cc(N2CCN(C(=O)C3CC3)C(C)C2)n1. The molecule has 148 valence electrons. The van der Waals surface area contributed by atoms with E-state index in [-0.39, 0.29) is 29.5 Å². The molecule has 8 nitrogen and oxygen atoms in total. The maximum Gasteiger partial charge on any atom is 0.254 e. The summed E-state index contributed by atoms with van der Waals surface area (Å²) in [5.74, 6) is 1.11. The summed E-state index contributed by atoms with van der Waals surface area (Å²) < 4.78 is 0. The van der Waals surface area contributed by atoms with Gasteiger partial charge in [0, 0.05) is 37.7 Å². The zero-order valence-electron chi connectivity index (χ0n) is 15.5. The number of carbonyl (C=O) groups excluding carboxylic acids is 2. The Kier molecular flexibility index (Phi) is 6.78. The third kappa shape index (κ3) is 5.46. The second kappa shape index (κ2) is 9.07. The number of halogens is 1. The van der Waals surface area contributed by atoms with Gasteiger partial charge in [-0.2, -0.15) is 0 Å². The number of nitrogens with one attached hydrogen (secondary N) is 1. The van der Waals surface area contributed by atoms with Crippen LogP contribution in [0.2, 0.25) is 5.15 Å². The van der Waals surface area contributed by atoms with Crippen molar-refractivity contribution in [2.45, 2.75) is 37.9 Å². The van der Waals surface area contributed by atoms with E-state index in [1.165, 1.54) is 11.8 Å². The van der Waals surface area contributed by atoms with Crippen LogP contribution in [-0.4, -0.2) is 64.7 Å². The van der Waals surface area contributed by atoms with Crippen molar-refractivity contribution in [3.8, 4) is 0 Å². The number of piperazine rings is 1. The number of amides is 2. The molecule has 2 aliphatic rings. The van der Waals surface area contributed by atoms with Crippen molar-refractivity contribution >= 4 is 41.0 Å². The van der Waals surface area contributed by atoms with Crippen molar-refractivity contribution in [2.24, 2.45) is 5.92 Å². The van der Waals surface area contributed by atoms with Crippen LogP contribution in [0.4, 0.5) is 5.82 Å². The number of nitrogens with zero attached hydrogens (tertiary/aromatic N) is 4. The molecule has 3 rings (SSSR count). The van der Waals surface area contributed by atoms with Crippen LogP contribution in [0.3, 0.4) is 0 Å². The molecular weight excluding hydrogens is 390 g/mol. The molecule has 1 aliphatic heterocycles. The number of anilines is 1. The number of thioether (sulfide) groups is 1. The third-order valence-corrected chi connectivity index (χ3v) is 5.53. The second-order valence-electron chi connectivity index (χ2n) is 6.68. The molecule has 2 amide bonds. The summed E-state index contributed by atoms with van der Waals surface area (Å²) >= 11 is 7.35. The lowest BCUT2D eigenvalue weighted by Crippen LogP contribution is -2.54. The fourth-order valence-corrected chi connectivity index (χ4v) is 3.85. The van der Waals surface area contributed by atoms with E-state index in [2.05, 4.69) is 27.3 Å². The van der Waals surface area contributed by atoms with E-state index in [0.717, 1.165) is 12.8 Å². The number of hydrogen-bond donors (Lipinski definition) is 1. The lowest BCUT2D eigenvalue weighted by molar-refractivity contribution is -0.135. The Balaban J connectivity index is 1.60. The largest absolute Gasteiger partial charge is 0.353 e. The third-order valence-electron chi connectivity index (χ3n) is 4.48. The molecule has 0 aromatic carbocycles. The van der Waals surface area contributed by atoms with Crippen molar-refractivity contribution in [2.75, 3.05) is 36.9 Å². The molecule has 2 heterocycles. The molecule has 1 saturated heterocycles. The summed E-state index contributed by atoms with van der Waals surface area (Å²) in [6.45, 7) is 6.33. The summed E-state index contributed by atoms with van der Waals surface area (Å²) in [7, 11) is 0. The van der Waals surface area contributed by atoms with Crippen LogP contribution in [0.15, 0.2) is 11.2 Å². The molecule has 0 bridgehead atoms. The van der Waals surface area contributed by atoms with E-state index in [9.17, 15) is 9.59 Å². The van der Waals surface area contributed by atoms with Gasteiger partial charge in [0.25, 0.3) is 5.91 Å². The number of rotatable bonds is 7. The van der Waals surface area contributed by atoms with Gasteiger partial charge in [-0.1, -0.05) is 23.4 Å². The van der Waals surface area contributed by atoms with Crippen molar-refractivity contribution in [3.05, 3.63) is 11.2 Å². The molecule has 0 spiro atoms. The average molecular weight is 414 g/mol. The van der Waals surface area contributed by atoms with E-state index in [4.69, 9.17) is 16.4 Å². The van der Waals surface area contributed by atoms with Crippen LogP contribution in [-0.2, 0) is 14.4 Å². The Morgan fingerprint density at radius 3 is 2.81 bits per heavy atom. The standard InChI is InChI=1S/C17H24ClN5O3S/c1-3-26-21-15(24)10-27-17-19-13(18)8-14(20-17)22-6-7-23(11(2)9-22)16(25)12-4-5-12/h8,11-12H,3-7,9-10H2,1-2H3,(H,21,24). The van der Waals surface area contributed by atoms with Gasteiger partial charge < -0.3 is 9.80 Å². The van der Waals surface area contributed by atoms with Gasteiger partial charge in [0.2, 0.25) is 5.91 Å². The first-order valence-corrected chi connectivity index (χ1v) is 10.5. The maximum absolute atomic E-state index is 12.4. The van der Waals surface area contributed by atoms with Crippen LogP contribution in [0.1, 0.15) is 26.7 Å². The van der Waals surface area contributed by atoms with E-state index in [1.54, 1.807) is 13.0 Å². The zero-order valence-corrected chi connectivity index (χ0v) is 17.1. The summed E-state index contributed by atoms with van der Waals surface area (Å²) in [5.41, 5.74) is 2.33. The zero-order chi connectivity index (χ0) is 19.4. The molecule has 1 aromatic heterocycles. The minimum Gasteiger partial charge on any atom is -0.353 e. The number of hydrogen-bond acceptors (Lipinski definition) is 7. The Morgan fingerprint density at radius 1 is 1.37 bits per heavy atom. The van der Waals surface area contributed by atoms with Crippen LogP contribution in [0, 0.1) is 5.92 Å². The Hall–Kier alpha value is -1.58. The van der Waals surface area contributed by atoms with E-state index >= 15 is 0 Å². The van der Waals surface area contributed by atoms with Gasteiger partial charge in [0.05, 0.1) is 12.4 Å². The number of aromatic nitrogens is 2. The van der Waals surface area contributed by atoms with Gasteiger partial charge in [0.1, 0.15) is 11.0 Å². The van der Waals surface area contributed by atoms with Crippen molar-refractivity contribution < 1.29 is 14.4 Å². The van der Waals surface area contributed by atoms with Crippen LogP contribution in [0.25, 0.3) is 0 Å². The molecular formula is C17H24ClN5O3S. The molecule has 1 saturated carbocycles.